The molecule has 3 aromatic rings. The molecule has 0 saturated heterocycles. The molecule has 2 amide bonds. The number of rotatable bonds is 5. The second kappa shape index (κ2) is 8.91. The monoisotopic (exact) mass is 458 g/mol. The SMILES string of the molecule is O=C1C[C@@H](C(=O)Nc2ccc(Cl)cc2)c2c(nc(SCc3ccccc3F)[nH]c2=O)N1. The molecule has 1 aliphatic rings. The highest BCUT2D eigenvalue weighted by Gasteiger charge is 2.34. The van der Waals surface area contributed by atoms with Crippen LogP contribution in [-0.2, 0) is 15.3 Å². The quantitative estimate of drug-likeness (QED) is 0.397. The Bertz CT molecular complexity index is 1220. The highest BCUT2D eigenvalue weighted by atomic mass is 35.5. The van der Waals surface area contributed by atoms with E-state index in [9.17, 15) is 18.8 Å². The molecule has 1 atom stereocenters. The van der Waals surface area contributed by atoms with Crippen molar-refractivity contribution in [2.75, 3.05) is 10.6 Å². The van der Waals surface area contributed by atoms with Gasteiger partial charge in [0, 0.05) is 22.9 Å². The van der Waals surface area contributed by atoms with Crippen LogP contribution in [-0.4, -0.2) is 21.8 Å². The summed E-state index contributed by atoms with van der Waals surface area (Å²) in [7, 11) is 0. The fourth-order valence-electron chi connectivity index (χ4n) is 3.17. The molecule has 0 fully saturated rings. The van der Waals surface area contributed by atoms with E-state index < -0.39 is 23.3 Å². The predicted octanol–water partition coefficient (Wildman–Crippen LogP) is 3.92. The number of carbonyl (C=O) groups is 2. The zero-order valence-corrected chi connectivity index (χ0v) is 17.5. The molecule has 0 saturated carbocycles. The van der Waals surface area contributed by atoms with Crippen LogP contribution in [0.3, 0.4) is 0 Å². The van der Waals surface area contributed by atoms with Crippen molar-refractivity contribution in [1.29, 1.82) is 0 Å². The third-order valence-corrected chi connectivity index (χ3v) is 5.85. The highest BCUT2D eigenvalue weighted by molar-refractivity contribution is 7.98. The summed E-state index contributed by atoms with van der Waals surface area (Å²) >= 11 is 6.97. The Morgan fingerprint density at radius 3 is 2.68 bits per heavy atom. The molecule has 3 N–H and O–H groups in total. The van der Waals surface area contributed by atoms with E-state index in [4.69, 9.17) is 11.6 Å². The maximum absolute atomic E-state index is 13.8. The number of halogens is 2. The lowest BCUT2D eigenvalue weighted by molar-refractivity contribution is -0.123. The first-order valence-corrected chi connectivity index (χ1v) is 10.6. The summed E-state index contributed by atoms with van der Waals surface area (Å²) in [5.41, 5.74) is 0.499. The molecule has 2 heterocycles. The van der Waals surface area contributed by atoms with Crippen LogP contribution in [0.5, 0.6) is 0 Å². The smallest absolute Gasteiger partial charge is 0.257 e. The minimum Gasteiger partial charge on any atom is -0.326 e. The molecule has 0 bridgehead atoms. The first kappa shape index (κ1) is 21.1. The average molecular weight is 459 g/mol. The van der Waals surface area contributed by atoms with Crippen LogP contribution in [0.2, 0.25) is 5.02 Å². The van der Waals surface area contributed by atoms with Crippen molar-refractivity contribution in [2.45, 2.75) is 23.2 Å². The van der Waals surface area contributed by atoms with Gasteiger partial charge in [0.2, 0.25) is 11.8 Å². The van der Waals surface area contributed by atoms with Crippen LogP contribution in [0.1, 0.15) is 23.5 Å². The number of amides is 2. The van der Waals surface area contributed by atoms with E-state index in [1.165, 1.54) is 6.07 Å². The Hall–Kier alpha value is -3.17. The molecule has 4 rings (SSSR count). The zero-order chi connectivity index (χ0) is 22.0. The molecular formula is C21H16ClFN4O3S. The van der Waals surface area contributed by atoms with Crippen molar-refractivity contribution in [3.05, 3.63) is 80.9 Å². The summed E-state index contributed by atoms with van der Waals surface area (Å²) in [4.78, 5) is 44.6. The van der Waals surface area contributed by atoms with Crippen LogP contribution < -0.4 is 16.2 Å². The van der Waals surface area contributed by atoms with Crippen LogP contribution in [0, 0.1) is 5.82 Å². The Balaban J connectivity index is 1.58. The van der Waals surface area contributed by atoms with Crippen LogP contribution >= 0.6 is 23.4 Å². The third kappa shape index (κ3) is 4.78. The summed E-state index contributed by atoms with van der Waals surface area (Å²) in [5, 5.41) is 5.97. The second-order valence-electron chi connectivity index (χ2n) is 6.81. The lowest BCUT2D eigenvalue weighted by Crippen LogP contribution is -2.36. The van der Waals surface area contributed by atoms with E-state index in [-0.39, 0.29) is 34.5 Å². The van der Waals surface area contributed by atoms with Crippen molar-refractivity contribution in [2.24, 2.45) is 0 Å². The van der Waals surface area contributed by atoms with E-state index >= 15 is 0 Å². The van der Waals surface area contributed by atoms with Crippen molar-refractivity contribution in [1.82, 2.24) is 9.97 Å². The van der Waals surface area contributed by atoms with Gasteiger partial charge in [-0.15, -0.1) is 0 Å². The Morgan fingerprint density at radius 2 is 1.94 bits per heavy atom. The van der Waals surface area contributed by atoms with E-state index in [1.54, 1.807) is 42.5 Å². The van der Waals surface area contributed by atoms with Crippen LogP contribution in [0.4, 0.5) is 15.9 Å². The van der Waals surface area contributed by atoms with E-state index in [1.807, 2.05) is 0 Å². The molecule has 10 heteroatoms. The van der Waals surface area contributed by atoms with E-state index in [0.29, 0.717) is 16.3 Å². The third-order valence-electron chi connectivity index (χ3n) is 4.68. The number of benzene rings is 2. The molecule has 1 aliphatic heterocycles. The number of anilines is 2. The standard InChI is InChI=1S/C21H16ClFN4O3S/c22-12-5-7-13(8-6-12)24-19(29)14-9-16(28)25-18-17(14)20(30)27-21(26-18)31-10-11-3-1-2-4-15(11)23/h1-8,14H,9-10H2,(H,24,29)(H2,25,26,27,28,30)/t14-/m1/s1. The van der Waals surface area contributed by atoms with Gasteiger partial charge in [0.1, 0.15) is 11.6 Å². The molecule has 1 aromatic heterocycles. The first-order chi connectivity index (χ1) is 14.9. The van der Waals surface area contributed by atoms with Gasteiger partial charge >= 0.3 is 0 Å². The molecular weight excluding hydrogens is 443 g/mol. The lowest BCUT2D eigenvalue weighted by atomic mass is 9.92. The number of H-pyrrole nitrogens is 1. The number of aromatic amines is 1. The lowest BCUT2D eigenvalue weighted by Gasteiger charge is -2.23. The number of nitrogens with one attached hydrogen (secondary N) is 3. The number of hydrogen-bond donors (Lipinski definition) is 3. The summed E-state index contributed by atoms with van der Waals surface area (Å²) in [6.07, 6.45) is -0.182. The molecule has 0 aliphatic carbocycles. The first-order valence-electron chi connectivity index (χ1n) is 9.27. The van der Waals surface area contributed by atoms with Gasteiger partial charge in [0.15, 0.2) is 5.16 Å². The molecule has 0 spiro atoms. The van der Waals surface area contributed by atoms with Gasteiger partial charge in [-0.2, -0.15) is 0 Å². The fourth-order valence-corrected chi connectivity index (χ4v) is 4.14. The van der Waals surface area contributed by atoms with Gasteiger partial charge in [-0.1, -0.05) is 41.6 Å². The van der Waals surface area contributed by atoms with Gasteiger partial charge in [0.25, 0.3) is 5.56 Å². The topological polar surface area (TPSA) is 104 Å². The van der Waals surface area contributed by atoms with Crippen molar-refractivity contribution in [3.8, 4) is 0 Å². The summed E-state index contributed by atoms with van der Waals surface area (Å²) in [6.45, 7) is 0. The summed E-state index contributed by atoms with van der Waals surface area (Å²) < 4.78 is 13.8. The fraction of sp³-hybridized carbons (Fsp3) is 0.143. The minimum absolute atomic E-state index is 0.0345. The second-order valence-corrected chi connectivity index (χ2v) is 8.21. The van der Waals surface area contributed by atoms with E-state index in [2.05, 4.69) is 20.6 Å². The summed E-state index contributed by atoms with van der Waals surface area (Å²) in [6, 6.07) is 12.8. The minimum atomic E-state index is -0.999. The Labute approximate surface area is 185 Å². The predicted molar refractivity (Wildman–Crippen MR) is 117 cm³/mol. The molecule has 0 radical (unpaired) electrons. The van der Waals surface area contributed by atoms with Crippen LogP contribution in [0.25, 0.3) is 0 Å². The zero-order valence-electron chi connectivity index (χ0n) is 15.9. The number of thioether (sulfide) groups is 1. The maximum Gasteiger partial charge on any atom is 0.257 e. The molecule has 158 valence electrons. The molecule has 0 unspecified atom stereocenters. The highest BCUT2D eigenvalue weighted by Crippen LogP contribution is 2.31. The average Bonchev–Trinajstić information content (AvgIpc) is 2.74. The number of fused-ring (bicyclic) bond motifs is 1. The van der Waals surface area contributed by atoms with Crippen molar-refractivity contribution in [3.63, 3.8) is 0 Å². The number of aromatic nitrogens is 2. The molecule has 2 aromatic carbocycles. The normalized spacial score (nSPS) is 15.2. The molecule has 7 nitrogen and oxygen atoms in total. The number of carbonyl (C=O) groups excluding carboxylic acids is 2. The number of nitrogens with zero attached hydrogens (tertiary/aromatic N) is 1. The van der Waals surface area contributed by atoms with Crippen molar-refractivity contribution >= 4 is 46.7 Å². The Kier molecular flexibility index (Phi) is 6.06. The van der Waals surface area contributed by atoms with E-state index in [0.717, 1.165) is 11.8 Å². The van der Waals surface area contributed by atoms with Gasteiger partial charge in [-0.05, 0) is 35.9 Å². The van der Waals surface area contributed by atoms with Gasteiger partial charge in [-0.3, -0.25) is 14.4 Å². The van der Waals surface area contributed by atoms with Crippen molar-refractivity contribution < 1.29 is 14.0 Å². The van der Waals surface area contributed by atoms with Gasteiger partial charge < -0.3 is 15.6 Å². The maximum atomic E-state index is 13.8. The molecule has 31 heavy (non-hydrogen) atoms. The number of hydrogen-bond acceptors (Lipinski definition) is 5. The van der Waals surface area contributed by atoms with Gasteiger partial charge in [-0.25, -0.2) is 9.37 Å². The van der Waals surface area contributed by atoms with Crippen LogP contribution in [0.15, 0.2) is 58.5 Å². The Morgan fingerprint density at radius 1 is 1.19 bits per heavy atom. The largest absolute Gasteiger partial charge is 0.326 e. The summed E-state index contributed by atoms with van der Waals surface area (Å²) in [5.74, 6) is -2.01. The van der Waals surface area contributed by atoms with Gasteiger partial charge in [0.05, 0.1) is 11.5 Å².